The number of nitrogens with two attached hydrogens (primary N) is 1. The summed E-state index contributed by atoms with van der Waals surface area (Å²) in [6, 6.07) is 12.6. The van der Waals surface area contributed by atoms with E-state index in [4.69, 9.17) is 10.5 Å². The van der Waals surface area contributed by atoms with Gasteiger partial charge in [-0.2, -0.15) is 9.78 Å². The number of ether oxygens (including phenoxy) is 1. The van der Waals surface area contributed by atoms with Gasteiger partial charge < -0.3 is 10.5 Å². The van der Waals surface area contributed by atoms with Crippen molar-refractivity contribution >= 4 is 23.6 Å². The molecule has 1 amide bonds. The maximum Gasteiger partial charge on any atom is 0.294 e. The van der Waals surface area contributed by atoms with Crippen molar-refractivity contribution in [3.05, 3.63) is 69.9 Å². The molecule has 0 atom stereocenters. The molecule has 14 heteroatoms. The van der Waals surface area contributed by atoms with Crippen LogP contribution in [0.25, 0.3) is 17.1 Å². The van der Waals surface area contributed by atoms with Gasteiger partial charge in [-0.1, -0.05) is 17.3 Å². The highest BCUT2D eigenvalue weighted by atomic mass is 16.6. The maximum absolute atomic E-state index is 12.9. The van der Waals surface area contributed by atoms with Crippen LogP contribution in [0.2, 0.25) is 0 Å². The lowest BCUT2D eigenvalue weighted by Crippen LogP contribution is -2.19. The van der Waals surface area contributed by atoms with Gasteiger partial charge in [0.05, 0.1) is 17.7 Å². The number of hydrogen-bond acceptors (Lipinski definition) is 11. The molecule has 0 radical (unpaired) electrons. The van der Waals surface area contributed by atoms with Crippen LogP contribution in [0.3, 0.4) is 0 Å². The Morgan fingerprint density at radius 1 is 1.29 bits per heavy atom. The van der Waals surface area contributed by atoms with Crippen LogP contribution in [0.5, 0.6) is 5.75 Å². The lowest BCUT2D eigenvalue weighted by atomic mass is 10.1. The van der Waals surface area contributed by atoms with Crippen molar-refractivity contribution in [3.8, 4) is 22.8 Å². The minimum Gasteiger partial charge on any atom is -0.494 e. The van der Waals surface area contributed by atoms with Crippen LogP contribution in [0.15, 0.2) is 58.3 Å². The molecule has 4 rings (SSSR count). The van der Waals surface area contributed by atoms with Crippen molar-refractivity contribution in [1.82, 2.24) is 30.7 Å². The van der Waals surface area contributed by atoms with E-state index in [0.717, 1.165) is 0 Å². The second kappa shape index (κ2) is 9.56. The van der Waals surface area contributed by atoms with E-state index in [-0.39, 0.29) is 28.7 Å². The van der Waals surface area contributed by atoms with E-state index in [2.05, 4.69) is 35.8 Å². The van der Waals surface area contributed by atoms with Gasteiger partial charge in [0.2, 0.25) is 11.6 Å². The van der Waals surface area contributed by atoms with Crippen LogP contribution in [0, 0.1) is 10.1 Å². The fourth-order valence-electron chi connectivity index (χ4n) is 2.98. The summed E-state index contributed by atoms with van der Waals surface area (Å²) < 4.78 is 11.4. The first-order valence-electron chi connectivity index (χ1n) is 9.83. The molecule has 2 aromatic heterocycles. The number of carbonyl (C=O) groups excluding carboxylic acids is 1. The number of anilines is 1. The molecular formula is C20H17N9O5. The lowest BCUT2D eigenvalue weighted by molar-refractivity contribution is -0.384. The zero-order valence-corrected chi connectivity index (χ0v) is 17.7. The molecule has 0 spiro atoms. The number of amides is 1. The number of nitro groups is 1. The highest BCUT2D eigenvalue weighted by Gasteiger charge is 2.25. The van der Waals surface area contributed by atoms with E-state index in [1.54, 1.807) is 24.3 Å². The highest BCUT2D eigenvalue weighted by molar-refractivity contribution is 5.99. The van der Waals surface area contributed by atoms with E-state index >= 15 is 0 Å². The second-order valence-electron chi connectivity index (χ2n) is 6.68. The molecule has 172 valence electrons. The van der Waals surface area contributed by atoms with Crippen molar-refractivity contribution in [2.75, 3.05) is 12.3 Å². The van der Waals surface area contributed by atoms with Crippen LogP contribution in [0.4, 0.5) is 11.5 Å². The molecule has 2 heterocycles. The number of hydrazone groups is 1. The van der Waals surface area contributed by atoms with Crippen molar-refractivity contribution in [1.29, 1.82) is 0 Å². The predicted octanol–water partition coefficient (Wildman–Crippen LogP) is 1.97. The van der Waals surface area contributed by atoms with Crippen LogP contribution in [0.1, 0.15) is 23.0 Å². The van der Waals surface area contributed by atoms with Crippen LogP contribution < -0.4 is 15.9 Å². The van der Waals surface area contributed by atoms with Gasteiger partial charge >= 0.3 is 0 Å². The number of nitrogens with zero attached hydrogens (tertiary/aromatic N) is 7. The number of nitro benzene ring substituents is 1. The number of hydrogen-bond donors (Lipinski definition) is 2. The minimum atomic E-state index is -0.670. The van der Waals surface area contributed by atoms with E-state index in [9.17, 15) is 14.9 Å². The number of non-ortho nitro benzene ring substituents is 1. The molecule has 4 aromatic rings. The third kappa shape index (κ3) is 4.55. The van der Waals surface area contributed by atoms with Gasteiger partial charge in [-0.3, -0.25) is 14.9 Å². The molecule has 0 aliphatic rings. The van der Waals surface area contributed by atoms with Crippen molar-refractivity contribution in [3.63, 3.8) is 0 Å². The minimum absolute atomic E-state index is 0.0461. The molecule has 0 aliphatic carbocycles. The van der Waals surface area contributed by atoms with Crippen LogP contribution in [-0.4, -0.2) is 49.0 Å². The summed E-state index contributed by atoms with van der Waals surface area (Å²) in [6.45, 7) is 2.30. The number of nitrogens with one attached hydrogen (secondary N) is 1. The first-order chi connectivity index (χ1) is 16.5. The van der Waals surface area contributed by atoms with Crippen molar-refractivity contribution < 1.29 is 19.1 Å². The smallest absolute Gasteiger partial charge is 0.294 e. The predicted molar refractivity (Wildman–Crippen MR) is 118 cm³/mol. The van der Waals surface area contributed by atoms with Gasteiger partial charge in [0.1, 0.15) is 11.4 Å². The summed E-state index contributed by atoms with van der Waals surface area (Å²) >= 11 is 0. The number of benzene rings is 2. The van der Waals surface area contributed by atoms with Crippen molar-refractivity contribution in [2.45, 2.75) is 6.92 Å². The third-order valence-electron chi connectivity index (χ3n) is 4.48. The Kier molecular flexibility index (Phi) is 6.20. The first-order valence-corrected chi connectivity index (χ1v) is 9.83. The Balaban J connectivity index is 1.65. The van der Waals surface area contributed by atoms with Crippen LogP contribution >= 0.6 is 0 Å². The van der Waals surface area contributed by atoms with Gasteiger partial charge in [0, 0.05) is 17.7 Å². The quantitative estimate of drug-likeness (QED) is 0.222. The molecule has 34 heavy (non-hydrogen) atoms. The highest BCUT2D eigenvalue weighted by Crippen LogP contribution is 2.29. The molecule has 0 bridgehead atoms. The van der Waals surface area contributed by atoms with E-state index in [1.807, 2.05) is 6.92 Å². The van der Waals surface area contributed by atoms with Gasteiger partial charge in [0.15, 0.2) is 5.69 Å². The monoisotopic (exact) mass is 463 g/mol. The maximum atomic E-state index is 12.9. The molecular weight excluding hydrogens is 446 g/mol. The summed E-state index contributed by atoms with van der Waals surface area (Å²) in [6.07, 6.45) is 1.33. The molecule has 0 saturated carbocycles. The molecule has 0 saturated heterocycles. The summed E-state index contributed by atoms with van der Waals surface area (Å²) in [5, 5.41) is 29.9. The standard InChI is InChI=1S/C20H17N9O5/c1-2-33-15-5-3-4-13(10-15)17-16(23-27-28(17)19-18(21)25-34-26-19)20(30)24-22-11-12-6-8-14(9-7-12)29(31)32/h3-11H,2H2,1H3,(H2,21,25)(H,24,30). The zero-order valence-electron chi connectivity index (χ0n) is 17.7. The van der Waals surface area contributed by atoms with Crippen molar-refractivity contribution in [2.24, 2.45) is 5.10 Å². The molecule has 2 aromatic carbocycles. The number of nitrogen functional groups attached to an aromatic ring is 1. The van der Waals surface area contributed by atoms with Crippen LogP contribution in [-0.2, 0) is 0 Å². The Labute approximate surface area is 191 Å². The number of rotatable bonds is 8. The molecule has 0 aliphatic heterocycles. The fourth-order valence-corrected chi connectivity index (χ4v) is 2.98. The largest absolute Gasteiger partial charge is 0.494 e. The average Bonchev–Trinajstić information content (AvgIpc) is 3.45. The Morgan fingerprint density at radius 3 is 2.76 bits per heavy atom. The van der Waals surface area contributed by atoms with Gasteiger partial charge in [-0.25, -0.2) is 10.1 Å². The summed E-state index contributed by atoms with van der Waals surface area (Å²) in [4.78, 5) is 23.1. The average molecular weight is 463 g/mol. The molecule has 0 unspecified atom stereocenters. The zero-order chi connectivity index (χ0) is 24.1. The SMILES string of the molecule is CCOc1cccc(-c2c(C(=O)NN=Cc3ccc([N+](=O)[O-])cc3)nnn2-c2nonc2N)c1. The van der Waals surface area contributed by atoms with E-state index in [0.29, 0.717) is 23.5 Å². The van der Waals surface area contributed by atoms with E-state index in [1.165, 1.54) is 35.2 Å². The summed E-state index contributed by atoms with van der Waals surface area (Å²) in [5.74, 6) is -0.0918. The topological polar surface area (TPSA) is 189 Å². The molecule has 3 N–H and O–H groups in total. The Morgan fingerprint density at radius 2 is 2.09 bits per heavy atom. The van der Waals surface area contributed by atoms with Gasteiger partial charge in [0.25, 0.3) is 11.6 Å². The molecule has 0 fully saturated rings. The van der Waals surface area contributed by atoms with Gasteiger partial charge in [-0.05, 0) is 47.1 Å². The van der Waals surface area contributed by atoms with Gasteiger partial charge in [-0.15, -0.1) is 5.10 Å². The Bertz CT molecular complexity index is 1360. The second-order valence-corrected chi connectivity index (χ2v) is 6.68. The molecule has 14 nitrogen and oxygen atoms in total. The summed E-state index contributed by atoms with van der Waals surface area (Å²) in [5.41, 5.74) is 9.39. The normalized spacial score (nSPS) is 11.0. The summed E-state index contributed by atoms with van der Waals surface area (Å²) in [7, 11) is 0. The van der Waals surface area contributed by atoms with E-state index < -0.39 is 10.8 Å². The number of carbonyl (C=O) groups is 1. The number of aromatic nitrogens is 5. The Hall–Kier alpha value is -5.14. The first kappa shape index (κ1) is 22.1. The lowest BCUT2D eigenvalue weighted by Gasteiger charge is -2.08. The fraction of sp³-hybridized carbons (Fsp3) is 0.100. The third-order valence-corrected chi connectivity index (χ3v) is 4.48.